The molecule has 1 N–H and O–H groups in total. The van der Waals surface area contributed by atoms with Crippen LogP contribution in [0.3, 0.4) is 0 Å². The Kier molecular flexibility index (Phi) is 2.63. The van der Waals surface area contributed by atoms with Crippen LogP contribution in [0.5, 0.6) is 0 Å². The molecule has 0 aliphatic heterocycles. The van der Waals surface area contributed by atoms with Crippen LogP contribution in [0.25, 0.3) is 16.8 Å². The van der Waals surface area contributed by atoms with E-state index in [-0.39, 0.29) is 6.42 Å². The van der Waals surface area contributed by atoms with Crippen molar-refractivity contribution < 1.29 is 9.90 Å². The Morgan fingerprint density at radius 3 is 2.94 bits per heavy atom. The van der Waals surface area contributed by atoms with Gasteiger partial charge in [-0.2, -0.15) is 0 Å². The van der Waals surface area contributed by atoms with E-state index in [0.717, 1.165) is 12.0 Å². The van der Waals surface area contributed by atoms with Crippen LogP contribution in [0.2, 0.25) is 0 Å². The third-order valence-corrected chi connectivity index (χ3v) is 3.49. The summed E-state index contributed by atoms with van der Waals surface area (Å²) in [5, 5.41) is 11.3. The summed E-state index contributed by atoms with van der Waals surface area (Å²) in [6.07, 6.45) is 6.07. The number of aryl methyl sites for hydroxylation is 1. The van der Waals surface area contributed by atoms with Crippen molar-refractivity contribution in [2.75, 3.05) is 0 Å². The van der Waals surface area contributed by atoms with Gasteiger partial charge < -0.3 is 5.11 Å². The highest BCUT2D eigenvalue weighted by Crippen LogP contribution is 2.31. The van der Waals surface area contributed by atoms with Crippen LogP contribution in [-0.4, -0.2) is 11.1 Å². The van der Waals surface area contributed by atoms with Gasteiger partial charge in [-0.25, -0.2) is 0 Å². The van der Waals surface area contributed by atoms with E-state index in [1.54, 1.807) is 0 Å². The van der Waals surface area contributed by atoms with E-state index in [0.29, 0.717) is 6.42 Å². The predicted molar refractivity (Wildman–Crippen MR) is 72.6 cm³/mol. The lowest BCUT2D eigenvalue weighted by atomic mass is 9.89. The topological polar surface area (TPSA) is 37.3 Å². The van der Waals surface area contributed by atoms with Crippen molar-refractivity contribution in [2.24, 2.45) is 0 Å². The van der Waals surface area contributed by atoms with Crippen LogP contribution < -0.4 is 0 Å². The van der Waals surface area contributed by atoms with E-state index in [4.69, 9.17) is 5.11 Å². The highest BCUT2D eigenvalue weighted by molar-refractivity contribution is 5.97. The van der Waals surface area contributed by atoms with Crippen molar-refractivity contribution in [1.82, 2.24) is 0 Å². The Hall–Kier alpha value is -2.09. The minimum absolute atomic E-state index is 0.189. The Bertz CT molecular complexity index is 653. The molecule has 0 bridgehead atoms. The van der Waals surface area contributed by atoms with Gasteiger partial charge in [-0.15, -0.1) is 0 Å². The molecule has 0 saturated heterocycles. The standard InChI is InChI=1S/C16H14O2/c17-15(18)10-9-11-7-8-13-4-1-3-12-5-2-6-14(11)16(12)13/h1-2,4-8H,3,9-10H2,(H,17,18). The maximum absolute atomic E-state index is 10.7. The normalized spacial score (nSPS) is 12.9. The molecule has 3 rings (SSSR count). The van der Waals surface area contributed by atoms with Crippen molar-refractivity contribution in [3.63, 3.8) is 0 Å². The van der Waals surface area contributed by atoms with Crippen LogP contribution in [-0.2, 0) is 17.6 Å². The highest BCUT2D eigenvalue weighted by atomic mass is 16.4. The second-order valence-corrected chi connectivity index (χ2v) is 4.65. The second kappa shape index (κ2) is 4.30. The van der Waals surface area contributed by atoms with Crippen LogP contribution in [0, 0.1) is 0 Å². The summed E-state index contributed by atoms with van der Waals surface area (Å²) in [6.45, 7) is 0. The lowest BCUT2D eigenvalue weighted by Gasteiger charge is -2.15. The Morgan fingerprint density at radius 2 is 2.11 bits per heavy atom. The number of benzene rings is 2. The first-order chi connectivity index (χ1) is 8.75. The van der Waals surface area contributed by atoms with Crippen molar-refractivity contribution >= 4 is 22.8 Å². The molecule has 1 aliphatic carbocycles. The van der Waals surface area contributed by atoms with Gasteiger partial charge in [0.2, 0.25) is 0 Å². The first-order valence-corrected chi connectivity index (χ1v) is 6.17. The average molecular weight is 238 g/mol. The number of carboxylic acid groups (broad SMARTS) is 1. The molecule has 2 aromatic rings. The molecule has 0 aromatic heterocycles. The molecule has 0 amide bonds. The maximum Gasteiger partial charge on any atom is 0.303 e. The quantitative estimate of drug-likeness (QED) is 0.889. The zero-order chi connectivity index (χ0) is 12.5. The van der Waals surface area contributed by atoms with E-state index in [2.05, 4.69) is 42.5 Å². The van der Waals surface area contributed by atoms with E-state index in [1.165, 1.54) is 21.9 Å². The fourth-order valence-corrected chi connectivity index (χ4v) is 2.65. The zero-order valence-corrected chi connectivity index (χ0v) is 10.0. The summed E-state index contributed by atoms with van der Waals surface area (Å²) >= 11 is 0. The smallest absolute Gasteiger partial charge is 0.303 e. The van der Waals surface area contributed by atoms with Gasteiger partial charge in [-0.05, 0) is 40.3 Å². The molecule has 2 nitrogen and oxygen atoms in total. The third-order valence-electron chi connectivity index (χ3n) is 3.49. The minimum Gasteiger partial charge on any atom is -0.481 e. The molecule has 0 spiro atoms. The minimum atomic E-state index is -0.740. The molecule has 0 unspecified atom stereocenters. The first kappa shape index (κ1) is 11.0. The first-order valence-electron chi connectivity index (χ1n) is 6.17. The molecular weight excluding hydrogens is 224 g/mol. The molecule has 0 saturated carbocycles. The molecule has 2 heteroatoms. The van der Waals surface area contributed by atoms with Gasteiger partial charge in [0.05, 0.1) is 0 Å². The number of aliphatic carboxylic acids is 1. The summed E-state index contributed by atoms with van der Waals surface area (Å²) in [5.41, 5.74) is 3.71. The van der Waals surface area contributed by atoms with Crippen LogP contribution in [0.1, 0.15) is 23.1 Å². The zero-order valence-electron chi connectivity index (χ0n) is 10.0. The summed E-state index contributed by atoms with van der Waals surface area (Å²) in [7, 11) is 0. The molecule has 0 radical (unpaired) electrons. The molecule has 1 aliphatic rings. The average Bonchev–Trinajstić information content (AvgIpc) is 2.38. The number of carbonyl (C=O) groups is 1. The number of hydrogen-bond acceptors (Lipinski definition) is 1. The molecule has 90 valence electrons. The van der Waals surface area contributed by atoms with Gasteiger partial charge in [0, 0.05) is 6.42 Å². The molecule has 0 atom stereocenters. The van der Waals surface area contributed by atoms with Gasteiger partial charge >= 0.3 is 5.97 Å². The van der Waals surface area contributed by atoms with Gasteiger partial charge in [-0.1, -0.05) is 42.5 Å². The summed E-state index contributed by atoms with van der Waals surface area (Å²) in [5.74, 6) is -0.740. The third kappa shape index (κ3) is 1.80. The SMILES string of the molecule is O=C(O)CCc1ccc2c3c(cccc13)CC=C2. The molecule has 2 aromatic carbocycles. The lowest BCUT2D eigenvalue weighted by molar-refractivity contribution is -0.136. The fraction of sp³-hybridized carbons (Fsp3) is 0.188. The van der Waals surface area contributed by atoms with E-state index >= 15 is 0 Å². The van der Waals surface area contributed by atoms with Crippen molar-refractivity contribution in [3.8, 4) is 0 Å². The van der Waals surface area contributed by atoms with Gasteiger partial charge in [0.15, 0.2) is 0 Å². The summed E-state index contributed by atoms with van der Waals surface area (Å²) in [6, 6.07) is 10.5. The Morgan fingerprint density at radius 1 is 1.22 bits per heavy atom. The number of rotatable bonds is 3. The number of hydrogen-bond donors (Lipinski definition) is 1. The fourth-order valence-electron chi connectivity index (χ4n) is 2.65. The summed E-state index contributed by atoms with van der Waals surface area (Å²) in [4.78, 5) is 10.7. The van der Waals surface area contributed by atoms with E-state index < -0.39 is 5.97 Å². The van der Waals surface area contributed by atoms with Crippen molar-refractivity contribution in [3.05, 3.63) is 53.1 Å². The number of carboxylic acids is 1. The van der Waals surface area contributed by atoms with Crippen LogP contribution in [0.15, 0.2) is 36.4 Å². The van der Waals surface area contributed by atoms with E-state index in [1.807, 2.05) is 0 Å². The van der Waals surface area contributed by atoms with Crippen LogP contribution >= 0.6 is 0 Å². The van der Waals surface area contributed by atoms with Gasteiger partial charge in [-0.3, -0.25) is 4.79 Å². The Balaban J connectivity index is 2.15. The monoisotopic (exact) mass is 238 g/mol. The van der Waals surface area contributed by atoms with Crippen molar-refractivity contribution in [2.45, 2.75) is 19.3 Å². The molecule has 0 heterocycles. The molecular formula is C16H14O2. The lowest BCUT2D eigenvalue weighted by Crippen LogP contribution is -2.00. The number of allylic oxidation sites excluding steroid dienone is 1. The second-order valence-electron chi connectivity index (χ2n) is 4.65. The largest absolute Gasteiger partial charge is 0.481 e. The predicted octanol–water partition coefficient (Wildman–Crippen LogP) is 3.43. The van der Waals surface area contributed by atoms with Gasteiger partial charge in [0.1, 0.15) is 0 Å². The van der Waals surface area contributed by atoms with E-state index in [9.17, 15) is 4.79 Å². The van der Waals surface area contributed by atoms with Crippen molar-refractivity contribution in [1.29, 1.82) is 0 Å². The van der Waals surface area contributed by atoms with Crippen LogP contribution in [0.4, 0.5) is 0 Å². The molecule has 18 heavy (non-hydrogen) atoms. The highest BCUT2D eigenvalue weighted by Gasteiger charge is 2.11. The Labute approximate surface area is 106 Å². The maximum atomic E-state index is 10.7. The molecule has 0 fully saturated rings. The summed E-state index contributed by atoms with van der Waals surface area (Å²) < 4.78 is 0. The van der Waals surface area contributed by atoms with Gasteiger partial charge in [0.25, 0.3) is 0 Å².